The lowest BCUT2D eigenvalue weighted by Gasteiger charge is -2.16. The van der Waals surface area contributed by atoms with Crippen LogP contribution in [0, 0.1) is 0 Å². The van der Waals surface area contributed by atoms with Gasteiger partial charge in [0.1, 0.15) is 5.75 Å². The largest absolute Gasteiger partial charge is 0.497 e. The SMILES string of the molecule is COc1ccc(C(Cc2ccc3c(c2)OCO3)c2csc(N)n2)cc1. The number of fused-ring (bicyclic) bond motifs is 1. The molecule has 3 aromatic rings. The first kappa shape index (κ1) is 15.8. The number of hydrogen-bond acceptors (Lipinski definition) is 6. The maximum Gasteiger partial charge on any atom is 0.231 e. The summed E-state index contributed by atoms with van der Waals surface area (Å²) in [7, 11) is 1.67. The lowest BCUT2D eigenvalue weighted by Crippen LogP contribution is -2.06. The molecule has 0 spiro atoms. The predicted molar refractivity (Wildman–Crippen MR) is 97.6 cm³/mol. The number of benzene rings is 2. The molecule has 0 saturated carbocycles. The molecule has 1 unspecified atom stereocenters. The zero-order chi connectivity index (χ0) is 17.2. The van der Waals surface area contributed by atoms with Crippen LogP contribution in [0.25, 0.3) is 0 Å². The monoisotopic (exact) mass is 354 g/mol. The van der Waals surface area contributed by atoms with Gasteiger partial charge in [-0.25, -0.2) is 4.98 Å². The predicted octanol–water partition coefficient (Wildman–Crippen LogP) is 3.84. The fourth-order valence-corrected chi connectivity index (χ4v) is 3.61. The maximum absolute atomic E-state index is 5.86. The van der Waals surface area contributed by atoms with Gasteiger partial charge in [-0.2, -0.15) is 0 Å². The van der Waals surface area contributed by atoms with Crippen LogP contribution >= 0.6 is 11.3 Å². The van der Waals surface area contributed by atoms with E-state index in [1.165, 1.54) is 16.9 Å². The van der Waals surface area contributed by atoms with E-state index in [1.807, 2.05) is 29.6 Å². The van der Waals surface area contributed by atoms with Crippen LogP contribution < -0.4 is 19.9 Å². The van der Waals surface area contributed by atoms with Crippen molar-refractivity contribution in [1.82, 2.24) is 4.98 Å². The van der Waals surface area contributed by atoms with E-state index in [9.17, 15) is 0 Å². The summed E-state index contributed by atoms with van der Waals surface area (Å²) >= 11 is 1.46. The number of ether oxygens (including phenoxy) is 3. The molecule has 0 saturated heterocycles. The van der Waals surface area contributed by atoms with Gasteiger partial charge in [-0.3, -0.25) is 0 Å². The van der Waals surface area contributed by atoms with E-state index in [1.54, 1.807) is 7.11 Å². The van der Waals surface area contributed by atoms with E-state index in [0.29, 0.717) is 5.13 Å². The summed E-state index contributed by atoms with van der Waals surface area (Å²) in [6, 6.07) is 14.2. The average Bonchev–Trinajstić information content (AvgIpc) is 3.28. The van der Waals surface area contributed by atoms with Crippen LogP contribution in [0.2, 0.25) is 0 Å². The first-order valence-electron chi connectivity index (χ1n) is 7.96. The standard InChI is InChI=1S/C19H18N2O3S/c1-22-14-5-3-13(4-6-14)15(16-10-25-19(20)21-16)8-12-2-7-17-18(9-12)24-11-23-17/h2-7,9-10,15H,8,11H2,1H3,(H2,20,21). The van der Waals surface area contributed by atoms with E-state index < -0.39 is 0 Å². The van der Waals surface area contributed by atoms with Gasteiger partial charge in [0.15, 0.2) is 16.6 Å². The Hall–Kier alpha value is -2.73. The first-order valence-corrected chi connectivity index (χ1v) is 8.84. The third kappa shape index (κ3) is 3.25. The fraction of sp³-hybridized carbons (Fsp3) is 0.211. The molecular formula is C19H18N2O3S. The Kier molecular flexibility index (Phi) is 4.19. The molecule has 1 aromatic heterocycles. The highest BCUT2D eigenvalue weighted by molar-refractivity contribution is 7.13. The van der Waals surface area contributed by atoms with E-state index in [2.05, 4.69) is 23.2 Å². The Morgan fingerprint density at radius 2 is 1.96 bits per heavy atom. The Morgan fingerprint density at radius 1 is 1.16 bits per heavy atom. The smallest absolute Gasteiger partial charge is 0.231 e. The van der Waals surface area contributed by atoms with Gasteiger partial charge < -0.3 is 19.9 Å². The van der Waals surface area contributed by atoms with Crippen LogP contribution in [0.5, 0.6) is 17.2 Å². The Labute approximate surface area is 150 Å². The van der Waals surface area contributed by atoms with Crippen LogP contribution in [0.1, 0.15) is 22.7 Å². The molecule has 5 nitrogen and oxygen atoms in total. The summed E-state index contributed by atoms with van der Waals surface area (Å²) in [5.41, 5.74) is 9.17. The third-order valence-corrected chi connectivity index (χ3v) is 4.98. The Balaban J connectivity index is 1.67. The van der Waals surface area contributed by atoms with Crippen molar-refractivity contribution in [2.24, 2.45) is 0 Å². The lowest BCUT2D eigenvalue weighted by atomic mass is 9.89. The third-order valence-electron chi connectivity index (χ3n) is 4.29. The average molecular weight is 354 g/mol. The molecule has 6 heteroatoms. The van der Waals surface area contributed by atoms with Crippen molar-refractivity contribution in [3.8, 4) is 17.2 Å². The second kappa shape index (κ2) is 6.64. The number of rotatable bonds is 5. The number of thiazole rings is 1. The minimum atomic E-state index is 0.111. The van der Waals surface area contributed by atoms with Crippen molar-refractivity contribution < 1.29 is 14.2 Å². The molecule has 25 heavy (non-hydrogen) atoms. The van der Waals surface area contributed by atoms with Gasteiger partial charge in [-0.1, -0.05) is 18.2 Å². The van der Waals surface area contributed by atoms with Crippen molar-refractivity contribution in [3.63, 3.8) is 0 Å². The number of anilines is 1. The number of nitrogens with zero attached hydrogens (tertiary/aromatic N) is 1. The molecule has 2 aromatic carbocycles. The molecule has 0 fully saturated rings. The molecule has 0 radical (unpaired) electrons. The van der Waals surface area contributed by atoms with Crippen LogP contribution in [-0.2, 0) is 6.42 Å². The highest BCUT2D eigenvalue weighted by atomic mass is 32.1. The van der Waals surface area contributed by atoms with E-state index in [-0.39, 0.29) is 12.7 Å². The fourth-order valence-electron chi connectivity index (χ4n) is 2.99. The van der Waals surface area contributed by atoms with Gasteiger partial charge in [0.2, 0.25) is 6.79 Å². The van der Waals surface area contributed by atoms with E-state index in [4.69, 9.17) is 19.9 Å². The molecule has 2 N–H and O–H groups in total. The van der Waals surface area contributed by atoms with Crippen LogP contribution in [0.4, 0.5) is 5.13 Å². The summed E-state index contributed by atoms with van der Waals surface area (Å²) in [5.74, 6) is 2.54. The lowest BCUT2D eigenvalue weighted by molar-refractivity contribution is 0.174. The second-order valence-electron chi connectivity index (χ2n) is 5.83. The van der Waals surface area contributed by atoms with Crippen LogP contribution in [-0.4, -0.2) is 18.9 Å². The molecule has 128 valence electrons. The first-order chi connectivity index (χ1) is 12.2. The van der Waals surface area contributed by atoms with Crippen molar-refractivity contribution in [3.05, 3.63) is 64.7 Å². The topological polar surface area (TPSA) is 66.6 Å². The molecule has 1 aliphatic heterocycles. The van der Waals surface area contributed by atoms with Crippen LogP contribution in [0.3, 0.4) is 0 Å². The molecule has 1 aliphatic rings. The number of nitrogens with two attached hydrogens (primary N) is 1. The van der Waals surface area contributed by atoms with Crippen molar-refractivity contribution in [1.29, 1.82) is 0 Å². The van der Waals surface area contributed by atoms with E-state index >= 15 is 0 Å². The molecule has 1 atom stereocenters. The van der Waals surface area contributed by atoms with Gasteiger partial charge in [-0.15, -0.1) is 11.3 Å². The molecule has 2 heterocycles. The van der Waals surface area contributed by atoms with E-state index in [0.717, 1.165) is 34.9 Å². The number of nitrogen functional groups attached to an aromatic ring is 1. The molecule has 4 rings (SSSR count). The Bertz CT molecular complexity index is 877. The summed E-state index contributed by atoms with van der Waals surface area (Å²) < 4.78 is 16.2. The van der Waals surface area contributed by atoms with Gasteiger partial charge in [0.25, 0.3) is 0 Å². The number of aromatic nitrogens is 1. The van der Waals surface area contributed by atoms with Gasteiger partial charge in [0, 0.05) is 11.3 Å². The number of methoxy groups -OCH3 is 1. The highest BCUT2D eigenvalue weighted by Crippen LogP contribution is 2.36. The minimum Gasteiger partial charge on any atom is -0.497 e. The zero-order valence-corrected chi connectivity index (χ0v) is 14.6. The Morgan fingerprint density at radius 3 is 2.68 bits per heavy atom. The molecule has 0 bridgehead atoms. The highest BCUT2D eigenvalue weighted by Gasteiger charge is 2.20. The van der Waals surface area contributed by atoms with Crippen molar-refractivity contribution >= 4 is 16.5 Å². The zero-order valence-electron chi connectivity index (χ0n) is 13.8. The summed E-state index contributed by atoms with van der Waals surface area (Å²) in [6.45, 7) is 0.281. The normalized spacial score (nSPS) is 13.6. The number of hydrogen-bond donors (Lipinski definition) is 1. The minimum absolute atomic E-state index is 0.111. The van der Waals surface area contributed by atoms with Gasteiger partial charge in [-0.05, 0) is 41.8 Å². The quantitative estimate of drug-likeness (QED) is 0.754. The van der Waals surface area contributed by atoms with Crippen molar-refractivity contribution in [2.75, 3.05) is 19.6 Å². The molecule has 0 aliphatic carbocycles. The maximum atomic E-state index is 5.86. The summed E-state index contributed by atoms with van der Waals surface area (Å²) in [5, 5.41) is 2.61. The second-order valence-corrected chi connectivity index (χ2v) is 6.72. The van der Waals surface area contributed by atoms with Crippen molar-refractivity contribution in [2.45, 2.75) is 12.3 Å². The summed E-state index contributed by atoms with van der Waals surface area (Å²) in [4.78, 5) is 4.51. The van der Waals surface area contributed by atoms with Gasteiger partial charge >= 0.3 is 0 Å². The van der Waals surface area contributed by atoms with Crippen LogP contribution in [0.15, 0.2) is 47.8 Å². The molecular weight excluding hydrogens is 336 g/mol. The molecule has 0 amide bonds. The van der Waals surface area contributed by atoms with Gasteiger partial charge in [0.05, 0.1) is 12.8 Å². The summed E-state index contributed by atoms with van der Waals surface area (Å²) in [6.07, 6.45) is 0.798.